The number of nitrogens with one attached hydrogen (secondary N) is 6. The first-order valence-corrected chi connectivity index (χ1v) is 29.2. The Kier molecular flexibility index (Phi) is 16.3. The highest BCUT2D eigenvalue weighted by molar-refractivity contribution is 6.34. The van der Waals surface area contributed by atoms with E-state index >= 15 is 0 Å². The molecule has 0 fully saturated rings. The smallest absolute Gasteiger partial charge is 0.182 e. The molecule has 0 aliphatic heterocycles. The second-order valence-corrected chi connectivity index (χ2v) is 22.0. The summed E-state index contributed by atoms with van der Waals surface area (Å²) < 4.78 is 41.4. The van der Waals surface area contributed by atoms with Crippen molar-refractivity contribution in [2.45, 2.75) is 38.9 Å². The number of aromatic amines is 3. The van der Waals surface area contributed by atoms with Gasteiger partial charge in [0.05, 0.1) is 70.7 Å². The van der Waals surface area contributed by atoms with Crippen molar-refractivity contribution < 1.29 is 13.2 Å². The van der Waals surface area contributed by atoms with Crippen LogP contribution in [0.15, 0.2) is 184 Å². The van der Waals surface area contributed by atoms with Crippen LogP contribution in [0.1, 0.15) is 55.6 Å². The molecule has 9 aromatic heterocycles. The molecule has 0 spiro atoms. The van der Waals surface area contributed by atoms with Gasteiger partial charge in [0.1, 0.15) is 53.0 Å². The van der Waals surface area contributed by atoms with E-state index < -0.39 is 0 Å². The molecule has 6 N–H and O–H groups in total. The Labute approximate surface area is 524 Å². The van der Waals surface area contributed by atoms with Crippen molar-refractivity contribution in [1.82, 2.24) is 74.8 Å². The highest BCUT2D eigenvalue weighted by atomic mass is 35.5. The number of rotatable bonds is 12. The molecule has 3 atom stereocenters. The van der Waals surface area contributed by atoms with Crippen molar-refractivity contribution in [2.24, 2.45) is 0 Å². The topological polar surface area (TPSA) is 238 Å². The summed E-state index contributed by atoms with van der Waals surface area (Å²) in [5.41, 5.74) is 12.8. The minimum Gasteiger partial charge on any atom is -0.362 e. The highest BCUT2D eigenvalue weighted by Crippen LogP contribution is 2.39. The van der Waals surface area contributed by atoms with Gasteiger partial charge < -0.3 is 30.9 Å². The molecule has 0 radical (unpaired) electrons. The van der Waals surface area contributed by atoms with Crippen LogP contribution in [0.3, 0.4) is 0 Å². The molecule has 0 aliphatic carbocycles. The second-order valence-electron chi connectivity index (χ2n) is 20.8. The molecule has 0 aliphatic rings. The third-order valence-electron chi connectivity index (χ3n) is 14.9. The third-order valence-corrected chi connectivity index (χ3v) is 15.9. The van der Waals surface area contributed by atoms with E-state index in [1.54, 1.807) is 37.2 Å². The SMILES string of the molecule is CC(Nc1ncnc2nc[nH]c12)c1cc2ccc(F)cc2nc1-c1ccccc1Cl.C[C@@H](Nc1ncnc2nc[nH]c12)c1cc2ccc(F)cc2nc1-c1ccccc1Cl.C[C@H](Nc1ncnc2nc[nH]c12)c1cc2ccc(F)cc2nc1-c1ccccc1Cl. The molecule has 15 aromatic rings. The van der Waals surface area contributed by atoms with Crippen molar-refractivity contribution in [3.05, 3.63) is 233 Å². The molecule has 15 rings (SSSR count). The number of hydrogen-bond donors (Lipinski definition) is 6. The molecule has 0 saturated carbocycles. The van der Waals surface area contributed by atoms with Crippen LogP contribution in [0.25, 0.3) is 100.0 Å². The van der Waals surface area contributed by atoms with E-state index in [0.717, 1.165) is 66.1 Å². The van der Waals surface area contributed by atoms with Crippen molar-refractivity contribution >= 4 is 118 Å². The van der Waals surface area contributed by atoms with E-state index in [-0.39, 0.29) is 35.6 Å². The number of aromatic nitrogens is 15. The maximum Gasteiger partial charge on any atom is 0.182 e. The summed E-state index contributed by atoms with van der Waals surface area (Å²) in [5.74, 6) is 0.905. The van der Waals surface area contributed by atoms with E-state index in [0.29, 0.717) is 83.1 Å². The fraction of sp³-hybridized carbons (Fsp3) is 0.0909. The van der Waals surface area contributed by atoms with Crippen molar-refractivity contribution in [2.75, 3.05) is 16.0 Å². The molecular formula is C66H48Cl3F3N18. The first-order valence-electron chi connectivity index (χ1n) is 28.1. The first kappa shape index (κ1) is 58.3. The van der Waals surface area contributed by atoms with E-state index in [9.17, 15) is 13.2 Å². The number of imidazole rings is 3. The van der Waals surface area contributed by atoms with Crippen LogP contribution in [0.2, 0.25) is 15.1 Å². The normalized spacial score (nSPS) is 12.4. The summed E-state index contributed by atoms with van der Waals surface area (Å²) in [6, 6.07) is 41.7. The van der Waals surface area contributed by atoms with Crippen LogP contribution < -0.4 is 16.0 Å². The van der Waals surface area contributed by atoms with Gasteiger partial charge in [0.15, 0.2) is 34.4 Å². The number of hydrogen-bond acceptors (Lipinski definition) is 15. The van der Waals surface area contributed by atoms with Crippen LogP contribution in [0.5, 0.6) is 0 Å². The van der Waals surface area contributed by atoms with Crippen LogP contribution in [-0.2, 0) is 0 Å². The van der Waals surface area contributed by atoms with Crippen LogP contribution in [-0.4, -0.2) is 74.8 Å². The highest BCUT2D eigenvalue weighted by Gasteiger charge is 2.23. The number of anilines is 3. The lowest BCUT2D eigenvalue weighted by molar-refractivity contribution is 0.629. The molecule has 24 heteroatoms. The minimum absolute atomic E-state index is 0.181. The zero-order valence-electron chi connectivity index (χ0n) is 47.7. The molecule has 0 bridgehead atoms. The van der Waals surface area contributed by atoms with Gasteiger partial charge in [-0.1, -0.05) is 89.4 Å². The molecule has 444 valence electrons. The number of H-pyrrole nitrogens is 3. The Hall–Kier alpha value is -10.7. The molecule has 1 unspecified atom stereocenters. The Morgan fingerprint density at radius 1 is 0.356 bits per heavy atom. The maximum atomic E-state index is 13.8. The Morgan fingerprint density at radius 2 is 0.644 bits per heavy atom. The molecule has 90 heavy (non-hydrogen) atoms. The standard InChI is InChI=1S/3C22H16ClFN6/c3*1-12(29-22-20-21(26-10-25-20)27-11-28-22)16-8-13-6-7-14(24)9-18(13)30-19(16)15-4-2-3-5-17(15)23/h3*2-12H,1H3,(H2,25,26,27,28,29)/t2*12-;/m10./s1. The summed E-state index contributed by atoms with van der Waals surface area (Å²) in [4.78, 5) is 61.5. The van der Waals surface area contributed by atoms with Gasteiger partial charge in [-0.15, -0.1) is 0 Å². The number of fused-ring (bicyclic) bond motifs is 6. The fourth-order valence-corrected chi connectivity index (χ4v) is 11.2. The predicted octanol–water partition coefficient (Wildman–Crippen LogP) is 16.6. The summed E-state index contributed by atoms with van der Waals surface area (Å²) in [6.45, 7) is 6.03. The Balaban J connectivity index is 0.000000124. The van der Waals surface area contributed by atoms with Gasteiger partial charge in [0.25, 0.3) is 0 Å². The lowest BCUT2D eigenvalue weighted by atomic mass is 9.98. The Bertz CT molecular complexity index is 4650. The molecular weight excluding hydrogens is 1210 g/mol. The molecule has 9 heterocycles. The summed E-state index contributed by atoms with van der Waals surface area (Å²) in [7, 11) is 0. The quantitative estimate of drug-likeness (QED) is 0.0667. The number of benzene rings is 6. The lowest BCUT2D eigenvalue weighted by Gasteiger charge is -2.20. The second kappa shape index (κ2) is 25.2. The molecule has 6 aromatic carbocycles. The van der Waals surface area contributed by atoms with E-state index in [1.165, 1.54) is 55.4 Å². The van der Waals surface area contributed by atoms with Crippen molar-refractivity contribution in [3.63, 3.8) is 0 Å². The van der Waals surface area contributed by atoms with Crippen molar-refractivity contribution in [3.8, 4) is 33.8 Å². The predicted molar refractivity (Wildman–Crippen MR) is 348 cm³/mol. The summed E-state index contributed by atoms with van der Waals surface area (Å²) in [5, 5.41) is 14.5. The maximum absolute atomic E-state index is 13.8. The largest absolute Gasteiger partial charge is 0.362 e. The van der Waals surface area contributed by atoms with Crippen LogP contribution >= 0.6 is 34.8 Å². The van der Waals surface area contributed by atoms with E-state index in [4.69, 9.17) is 49.8 Å². The average Bonchev–Trinajstić information content (AvgIpc) is 1.40. The zero-order chi connectivity index (χ0) is 62.0. The van der Waals surface area contributed by atoms with Gasteiger partial charge >= 0.3 is 0 Å². The van der Waals surface area contributed by atoms with E-state index in [2.05, 4.69) is 75.8 Å². The van der Waals surface area contributed by atoms with E-state index in [1.807, 2.05) is 112 Å². The van der Waals surface area contributed by atoms with Crippen LogP contribution in [0, 0.1) is 17.5 Å². The molecule has 0 amide bonds. The van der Waals surface area contributed by atoms with Crippen molar-refractivity contribution in [1.29, 1.82) is 0 Å². The number of nitrogens with zero attached hydrogens (tertiary/aromatic N) is 12. The fourth-order valence-electron chi connectivity index (χ4n) is 10.5. The number of pyridine rings is 3. The van der Waals surface area contributed by atoms with Crippen LogP contribution in [0.4, 0.5) is 30.6 Å². The number of halogens is 6. The molecule has 18 nitrogen and oxygen atoms in total. The van der Waals surface area contributed by atoms with Gasteiger partial charge in [0, 0.05) is 82.8 Å². The monoisotopic (exact) mass is 1250 g/mol. The average molecular weight is 1260 g/mol. The molecule has 0 saturated heterocycles. The van der Waals surface area contributed by atoms with Gasteiger partial charge in [-0.05, 0) is 93.6 Å². The minimum atomic E-state index is -0.332. The van der Waals surface area contributed by atoms with Gasteiger partial charge in [-0.3, -0.25) is 0 Å². The third kappa shape index (κ3) is 12.0. The first-order chi connectivity index (χ1) is 43.8. The zero-order valence-corrected chi connectivity index (χ0v) is 50.0. The van der Waals surface area contributed by atoms with Gasteiger partial charge in [-0.25, -0.2) is 73.0 Å². The Morgan fingerprint density at radius 3 is 0.933 bits per heavy atom. The summed E-state index contributed by atoms with van der Waals surface area (Å²) >= 11 is 19.4. The van der Waals surface area contributed by atoms with Gasteiger partial charge in [-0.2, -0.15) is 0 Å². The lowest BCUT2D eigenvalue weighted by Crippen LogP contribution is -2.11. The summed E-state index contributed by atoms with van der Waals surface area (Å²) in [6.07, 6.45) is 9.14. The van der Waals surface area contributed by atoms with Gasteiger partial charge in [0.2, 0.25) is 0 Å².